The van der Waals surface area contributed by atoms with E-state index in [-0.39, 0.29) is 10.5 Å². The maximum atomic E-state index is 12.0. The lowest BCUT2D eigenvalue weighted by Crippen LogP contribution is -2.32. The zero-order valence-electron chi connectivity index (χ0n) is 9.39. The summed E-state index contributed by atoms with van der Waals surface area (Å²) in [6, 6.07) is 8.15. The van der Waals surface area contributed by atoms with E-state index in [1.165, 1.54) is 18.6 Å². The highest BCUT2D eigenvalue weighted by molar-refractivity contribution is 7.89. The maximum absolute atomic E-state index is 12.0. The number of hydrogen-bond donors (Lipinski definition) is 1. The number of hydrogen-bond acceptors (Lipinski definition) is 3. The summed E-state index contributed by atoms with van der Waals surface area (Å²) < 4.78 is 26.6. The molecule has 1 aliphatic rings. The number of sulfonamides is 1. The maximum Gasteiger partial charge on any atom is 0.241 e. The molecule has 0 bridgehead atoms. The molecule has 0 heterocycles. The first-order valence-electron chi connectivity index (χ1n) is 5.62. The molecule has 1 N–H and O–H groups in total. The van der Waals surface area contributed by atoms with Crippen LogP contribution in [0.25, 0.3) is 0 Å². The van der Waals surface area contributed by atoms with Gasteiger partial charge in [0, 0.05) is 6.54 Å². The molecule has 0 spiro atoms. The highest BCUT2D eigenvalue weighted by Gasteiger charge is 2.22. The number of nitrogens with zero attached hydrogens (tertiary/aromatic N) is 1. The summed E-state index contributed by atoms with van der Waals surface area (Å²) in [7, 11) is -3.55. The van der Waals surface area contributed by atoms with E-state index < -0.39 is 10.0 Å². The van der Waals surface area contributed by atoms with Crippen molar-refractivity contribution in [2.45, 2.75) is 24.2 Å². The van der Waals surface area contributed by atoms with E-state index in [1.807, 2.05) is 6.07 Å². The van der Waals surface area contributed by atoms with Gasteiger partial charge in [-0.05, 0) is 30.9 Å². The van der Waals surface area contributed by atoms with Crippen LogP contribution in [0, 0.1) is 17.2 Å². The van der Waals surface area contributed by atoms with Gasteiger partial charge >= 0.3 is 0 Å². The van der Waals surface area contributed by atoms with Crippen molar-refractivity contribution in [2.24, 2.45) is 5.92 Å². The van der Waals surface area contributed by atoms with Crippen LogP contribution in [0.15, 0.2) is 29.2 Å². The Labute approximate surface area is 101 Å². The fraction of sp³-hybridized carbons (Fsp3) is 0.417. The average Bonchev–Trinajstić information content (AvgIpc) is 2.26. The Morgan fingerprint density at radius 3 is 2.65 bits per heavy atom. The van der Waals surface area contributed by atoms with Gasteiger partial charge in [0.25, 0.3) is 0 Å². The molecule has 4 nitrogen and oxygen atoms in total. The van der Waals surface area contributed by atoms with Gasteiger partial charge in [0.2, 0.25) is 10.0 Å². The van der Waals surface area contributed by atoms with Crippen molar-refractivity contribution >= 4 is 10.0 Å². The summed E-state index contributed by atoms with van der Waals surface area (Å²) in [6.07, 6.45) is 3.35. The number of rotatable bonds is 4. The molecule has 1 saturated carbocycles. The van der Waals surface area contributed by atoms with Gasteiger partial charge in [-0.1, -0.05) is 18.6 Å². The van der Waals surface area contributed by atoms with Crippen LogP contribution >= 0.6 is 0 Å². The first kappa shape index (κ1) is 12.1. The highest BCUT2D eigenvalue weighted by Crippen LogP contribution is 2.26. The fourth-order valence-corrected chi connectivity index (χ4v) is 3.07. The zero-order valence-corrected chi connectivity index (χ0v) is 10.2. The third kappa shape index (κ3) is 2.65. The van der Waals surface area contributed by atoms with Crippen molar-refractivity contribution in [1.82, 2.24) is 4.72 Å². The first-order chi connectivity index (χ1) is 8.13. The van der Waals surface area contributed by atoms with Crippen molar-refractivity contribution in [3.8, 4) is 6.07 Å². The lowest BCUT2D eigenvalue weighted by Gasteiger charge is -2.25. The molecule has 0 aliphatic heterocycles. The van der Waals surface area contributed by atoms with E-state index in [0.29, 0.717) is 12.5 Å². The van der Waals surface area contributed by atoms with E-state index in [9.17, 15) is 8.42 Å². The Balaban J connectivity index is 2.16. The van der Waals surface area contributed by atoms with Crippen LogP contribution in [-0.2, 0) is 10.0 Å². The van der Waals surface area contributed by atoms with Gasteiger partial charge in [0.1, 0.15) is 6.07 Å². The van der Waals surface area contributed by atoms with E-state index in [1.54, 1.807) is 12.1 Å². The molecule has 0 radical (unpaired) electrons. The predicted octanol–water partition coefficient (Wildman–Crippen LogP) is 1.64. The predicted molar refractivity (Wildman–Crippen MR) is 63.7 cm³/mol. The van der Waals surface area contributed by atoms with Crippen LogP contribution in [-0.4, -0.2) is 15.0 Å². The molecule has 1 aliphatic carbocycles. The molecule has 0 saturated heterocycles. The molecule has 5 heteroatoms. The quantitative estimate of drug-likeness (QED) is 0.883. The molecule has 0 amide bonds. The molecule has 0 atom stereocenters. The summed E-state index contributed by atoms with van der Waals surface area (Å²) in [6.45, 7) is 0.474. The number of nitrogens with one attached hydrogen (secondary N) is 1. The third-order valence-electron chi connectivity index (χ3n) is 3.08. The molecular weight excluding hydrogens is 236 g/mol. The van der Waals surface area contributed by atoms with Crippen LogP contribution in [0.5, 0.6) is 0 Å². The van der Waals surface area contributed by atoms with E-state index >= 15 is 0 Å². The standard InChI is InChI=1S/C12H14N2O2S/c13-8-11-6-1-2-7-12(11)17(15,16)14-9-10-4-3-5-10/h1-2,6-7,10,14H,3-5,9H2. The second kappa shape index (κ2) is 4.86. The minimum atomic E-state index is -3.55. The zero-order chi connectivity index (χ0) is 12.3. The average molecular weight is 250 g/mol. The summed E-state index contributed by atoms with van der Waals surface area (Å²) in [5.41, 5.74) is 0.189. The Morgan fingerprint density at radius 2 is 2.06 bits per heavy atom. The van der Waals surface area contributed by atoms with Crippen molar-refractivity contribution in [3.05, 3.63) is 29.8 Å². The molecule has 1 aromatic carbocycles. The molecule has 1 fully saturated rings. The highest BCUT2D eigenvalue weighted by atomic mass is 32.2. The Bertz CT molecular complexity index is 542. The normalized spacial score (nSPS) is 16.2. The van der Waals surface area contributed by atoms with Gasteiger partial charge < -0.3 is 0 Å². The smallest absolute Gasteiger partial charge is 0.211 e. The molecule has 0 unspecified atom stereocenters. The van der Waals surface area contributed by atoms with Gasteiger partial charge in [0.15, 0.2) is 0 Å². The summed E-state index contributed by atoms with van der Waals surface area (Å²) in [5.74, 6) is 0.457. The van der Waals surface area contributed by atoms with Crippen molar-refractivity contribution in [1.29, 1.82) is 5.26 Å². The second-order valence-electron chi connectivity index (χ2n) is 4.26. The lowest BCUT2D eigenvalue weighted by atomic mass is 9.86. The molecule has 0 aromatic heterocycles. The van der Waals surface area contributed by atoms with Gasteiger partial charge in [-0.2, -0.15) is 5.26 Å². The fourth-order valence-electron chi connectivity index (χ4n) is 1.80. The Kier molecular flexibility index (Phi) is 3.46. The Hall–Kier alpha value is -1.38. The molecule has 17 heavy (non-hydrogen) atoms. The van der Waals surface area contributed by atoms with Crippen LogP contribution in [0.4, 0.5) is 0 Å². The SMILES string of the molecule is N#Cc1ccccc1S(=O)(=O)NCC1CCC1. The minimum absolute atomic E-state index is 0.0711. The largest absolute Gasteiger partial charge is 0.241 e. The van der Waals surface area contributed by atoms with Crippen molar-refractivity contribution in [2.75, 3.05) is 6.54 Å². The van der Waals surface area contributed by atoms with Gasteiger partial charge in [-0.25, -0.2) is 13.1 Å². The van der Waals surface area contributed by atoms with Crippen LogP contribution < -0.4 is 4.72 Å². The second-order valence-corrected chi connectivity index (χ2v) is 5.99. The summed E-state index contributed by atoms with van der Waals surface area (Å²) in [5, 5.41) is 8.87. The van der Waals surface area contributed by atoms with E-state index in [0.717, 1.165) is 12.8 Å². The van der Waals surface area contributed by atoms with E-state index in [4.69, 9.17) is 5.26 Å². The Morgan fingerprint density at radius 1 is 1.35 bits per heavy atom. The minimum Gasteiger partial charge on any atom is -0.211 e. The summed E-state index contributed by atoms with van der Waals surface area (Å²) in [4.78, 5) is 0.0711. The number of benzene rings is 1. The van der Waals surface area contributed by atoms with Gasteiger partial charge in [0.05, 0.1) is 10.5 Å². The summed E-state index contributed by atoms with van der Waals surface area (Å²) >= 11 is 0. The van der Waals surface area contributed by atoms with Crippen LogP contribution in [0.3, 0.4) is 0 Å². The monoisotopic (exact) mass is 250 g/mol. The third-order valence-corrected chi connectivity index (χ3v) is 4.57. The molecular formula is C12H14N2O2S. The van der Waals surface area contributed by atoms with Crippen molar-refractivity contribution < 1.29 is 8.42 Å². The molecule has 2 rings (SSSR count). The lowest BCUT2D eigenvalue weighted by molar-refractivity contribution is 0.316. The molecule has 1 aromatic rings. The van der Waals surface area contributed by atoms with Crippen molar-refractivity contribution in [3.63, 3.8) is 0 Å². The first-order valence-corrected chi connectivity index (χ1v) is 7.10. The van der Waals surface area contributed by atoms with Crippen LogP contribution in [0.1, 0.15) is 24.8 Å². The number of nitriles is 1. The van der Waals surface area contributed by atoms with Crippen LogP contribution in [0.2, 0.25) is 0 Å². The van der Waals surface area contributed by atoms with Gasteiger partial charge in [-0.3, -0.25) is 0 Å². The molecule has 90 valence electrons. The van der Waals surface area contributed by atoms with Gasteiger partial charge in [-0.15, -0.1) is 0 Å². The topological polar surface area (TPSA) is 70.0 Å². The van der Waals surface area contributed by atoms with E-state index in [2.05, 4.69) is 4.72 Å².